The molecule has 0 heterocycles. The third kappa shape index (κ3) is 2.67. The highest BCUT2D eigenvalue weighted by Gasteiger charge is 2.09. The van der Waals surface area contributed by atoms with Crippen LogP contribution in [0.2, 0.25) is 0 Å². The first-order valence-electron chi connectivity index (χ1n) is 4.33. The Morgan fingerprint density at radius 3 is 2.60 bits per heavy atom. The first-order chi connectivity index (χ1) is 7.02. The normalized spacial score (nSPS) is 10.5. The largest absolute Gasteiger partial charge is 0.478 e. The van der Waals surface area contributed by atoms with Crippen molar-refractivity contribution in [1.82, 2.24) is 0 Å². The number of aryl methyl sites for hydroxylation is 1. The predicted molar refractivity (Wildman–Crippen MR) is 56.4 cm³/mol. The van der Waals surface area contributed by atoms with Crippen LogP contribution in [0.25, 0.3) is 6.08 Å². The molecule has 4 nitrogen and oxygen atoms in total. The molecule has 4 heteroatoms. The maximum absolute atomic E-state index is 10.9. The maximum Gasteiger partial charge on any atom is 0.336 e. The van der Waals surface area contributed by atoms with Crippen molar-refractivity contribution in [3.8, 4) is 0 Å². The van der Waals surface area contributed by atoms with Crippen molar-refractivity contribution in [3.05, 3.63) is 41.0 Å². The van der Waals surface area contributed by atoms with E-state index in [-0.39, 0.29) is 5.56 Å². The molecule has 15 heavy (non-hydrogen) atoms. The fourth-order valence-electron chi connectivity index (χ4n) is 1.25. The monoisotopic (exact) mass is 205 g/mol. The summed E-state index contributed by atoms with van der Waals surface area (Å²) in [5, 5.41) is 8.91. The summed E-state index contributed by atoms with van der Waals surface area (Å²) in [5.74, 6) is -1.63. The highest BCUT2D eigenvalue weighted by atomic mass is 16.4. The van der Waals surface area contributed by atoms with E-state index < -0.39 is 11.9 Å². The highest BCUT2D eigenvalue weighted by Crippen LogP contribution is 2.15. The second kappa shape index (κ2) is 4.41. The van der Waals surface area contributed by atoms with Gasteiger partial charge in [0.2, 0.25) is 5.91 Å². The predicted octanol–water partition coefficient (Wildman–Crippen LogP) is 1.19. The quantitative estimate of drug-likeness (QED) is 0.727. The summed E-state index contributed by atoms with van der Waals surface area (Å²) in [7, 11) is 0. The number of amides is 1. The third-order valence-corrected chi connectivity index (χ3v) is 1.97. The van der Waals surface area contributed by atoms with E-state index in [1.807, 2.05) is 0 Å². The number of nitrogens with two attached hydrogens (primary N) is 1. The van der Waals surface area contributed by atoms with Crippen LogP contribution in [0.15, 0.2) is 24.3 Å². The molecule has 78 valence electrons. The van der Waals surface area contributed by atoms with Crippen LogP contribution in [0.5, 0.6) is 0 Å². The molecule has 0 aliphatic heterocycles. The average molecular weight is 205 g/mol. The maximum atomic E-state index is 10.9. The van der Waals surface area contributed by atoms with Crippen LogP contribution < -0.4 is 5.73 Å². The fraction of sp³-hybridized carbons (Fsp3) is 0.0909. The summed E-state index contributed by atoms with van der Waals surface area (Å²) in [6.07, 6.45) is 2.57. The number of benzene rings is 1. The summed E-state index contributed by atoms with van der Waals surface area (Å²) in [6.45, 7) is 1.77. The van der Waals surface area contributed by atoms with E-state index in [1.54, 1.807) is 19.1 Å². The second-order valence-corrected chi connectivity index (χ2v) is 3.08. The number of carbonyl (C=O) groups is 2. The van der Waals surface area contributed by atoms with Crippen LogP contribution in [0.1, 0.15) is 21.5 Å². The van der Waals surface area contributed by atoms with Crippen molar-refractivity contribution in [2.45, 2.75) is 6.92 Å². The Labute approximate surface area is 87.0 Å². The molecule has 0 fully saturated rings. The molecule has 1 aromatic rings. The van der Waals surface area contributed by atoms with Gasteiger partial charge in [-0.1, -0.05) is 12.1 Å². The Balaban J connectivity index is 3.25. The molecule has 3 N–H and O–H groups in total. The molecule has 1 aromatic carbocycles. The van der Waals surface area contributed by atoms with Gasteiger partial charge in [0.15, 0.2) is 0 Å². The molecular formula is C11H11NO3. The number of rotatable bonds is 3. The van der Waals surface area contributed by atoms with Gasteiger partial charge in [-0.05, 0) is 30.2 Å². The lowest BCUT2D eigenvalue weighted by atomic mass is 10.0. The standard InChI is InChI=1S/C11H11NO3/c1-7-3-2-4-9(11(14)15)8(7)5-6-10(12)13/h2-6H,1H3,(H2,12,13)(H,14,15). The van der Waals surface area contributed by atoms with Crippen molar-refractivity contribution < 1.29 is 14.7 Å². The number of carbonyl (C=O) groups excluding carboxylic acids is 1. The topological polar surface area (TPSA) is 80.4 Å². The van der Waals surface area contributed by atoms with Crippen LogP contribution in [0.4, 0.5) is 0 Å². The van der Waals surface area contributed by atoms with Gasteiger partial charge >= 0.3 is 5.97 Å². The number of carboxylic acids is 1. The third-order valence-electron chi connectivity index (χ3n) is 1.97. The molecular weight excluding hydrogens is 194 g/mol. The molecule has 1 amide bonds. The van der Waals surface area contributed by atoms with Gasteiger partial charge in [-0.15, -0.1) is 0 Å². The molecule has 0 spiro atoms. The molecule has 0 saturated carbocycles. The Kier molecular flexibility index (Phi) is 3.23. The zero-order valence-corrected chi connectivity index (χ0v) is 8.23. The van der Waals surface area contributed by atoms with E-state index in [9.17, 15) is 9.59 Å². The molecule has 0 atom stereocenters. The number of hydrogen-bond acceptors (Lipinski definition) is 2. The zero-order valence-electron chi connectivity index (χ0n) is 8.23. The van der Waals surface area contributed by atoms with E-state index in [1.165, 1.54) is 12.1 Å². The lowest BCUT2D eigenvalue weighted by molar-refractivity contribution is -0.113. The number of aromatic carboxylic acids is 1. The zero-order chi connectivity index (χ0) is 11.4. The van der Waals surface area contributed by atoms with Gasteiger partial charge < -0.3 is 10.8 Å². The molecule has 0 radical (unpaired) electrons. The number of primary amides is 1. The molecule has 1 rings (SSSR count). The van der Waals surface area contributed by atoms with Gasteiger partial charge in [0.05, 0.1) is 5.56 Å². The minimum absolute atomic E-state index is 0.160. The first kappa shape index (κ1) is 11.0. The van der Waals surface area contributed by atoms with Crippen molar-refractivity contribution in [2.75, 3.05) is 0 Å². The van der Waals surface area contributed by atoms with Crippen LogP contribution >= 0.6 is 0 Å². The Bertz CT molecular complexity index is 435. The molecule has 0 aliphatic carbocycles. The second-order valence-electron chi connectivity index (χ2n) is 3.08. The minimum atomic E-state index is -1.03. The summed E-state index contributed by atoms with van der Waals surface area (Å²) in [5.41, 5.74) is 6.39. The van der Waals surface area contributed by atoms with Gasteiger partial charge in [0.1, 0.15) is 0 Å². The van der Waals surface area contributed by atoms with E-state index in [2.05, 4.69) is 0 Å². The van der Waals surface area contributed by atoms with Crippen LogP contribution in [-0.4, -0.2) is 17.0 Å². The lowest BCUT2D eigenvalue weighted by Gasteiger charge is -2.04. The average Bonchev–Trinajstić information content (AvgIpc) is 2.15. The van der Waals surface area contributed by atoms with Crippen molar-refractivity contribution in [2.24, 2.45) is 5.73 Å². The molecule has 0 unspecified atom stereocenters. The molecule has 0 aromatic heterocycles. The van der Waals surface area contributed by atoms with Crippen molar-refractivity contribution in [1.29, 1.82) is 0 Å². The smallest absolute Gasteiger partial charge is 0.336 e. The summed E-state index contributed by atoms with van der Waals surface area (Å²) < 4.78 is 0. The number of carboxylic acid groups (broad SMARTS) is 1. The van der Waals surface area contributed by atoms with Gasteiger partial charge in [-0.2, -0.15) is 0 Å². The fourth-order valence-corrected chi connectivity index (χ4v) is 1.25. The van der Waals surface area contributed by atoms with Gasteiger partial charge in [-0.25, -0.2) is 4.79 Å². The van der Waals surface area contributed by atoms with Crippen molar-refractivity contribution in [3.63, 3.8) is 0 Å². The minimum Gasteiger partial charge on any atom is -0.478 e. The van der Waals surface area contributed by atoms with E-state index >= 15 is 0 Å². The van der Waals surface area contributed by atoms with Crippen LogP contribution in [-0.2, 0) is 4.79 Å². The molecule has 0 aliphatic rings. The van der Waals surface area contributed by atoms with Gasteiger partial charge in [0, 0.05) is 6.08 Å². The van der Waals surface area contributed by atoms with Crippen LogP contribution in [0.3, 0.4) is 0 Å². The Morgan fingerprint density at radius 2 is 2.07 bits per heavy atom. The van der Waals surface area contributed by atoms with Crippen molar-refractivity contribution >= 4 is 18.0 Å². The van der Waals surface area contributed by atoms with E-state index in [0.29, 0.717) is 5.56 Å². The SMILES string of the molecule is Cc1cccc(C(=O)O)c1C=CC(N)=O. The number of hydrogen-bond donors (Lipinski definition) is 2. The summed E-state index contributed by atoms with van der Waals surface area (Å²) >= 11 is 0. The summed E-state index contributed by atoms with van der Waals surface area (Å²) in [6, 6.07) is 4.91. The van der Waals surface area contributed by atoms with Gasteiger partial charge in [-0.3, -0.25) is 4.79 Å². The lowest BCUT2D eigenvalue weighted by Crippen LogP contribution is -2.06. The van der Waals surface area contributed by atoms with Gasteiger partial charge in [0.25, 0.3) is 0 Å². The highest BCUT2D eigenvalue weighted by molar-refractivity contribution is 5.96. The first-order valence-corrected chi connectivity index (χ1v) is 4.33. The molecule has 0 bridgehead atoms. The molecule has 0 saturated heterocycles. The van der Waals surface area contributed by atoms with E-state index in [4.69, 9.17) is 10.8 Å². The van der Waals surface area contributed by atoms with Crippen LogP contribution in [0, 0.1) is 6.92 Å². The van der Waals surface area contributed by atoms with E-state index in [0.717, 1.165) is 11.6 Å². The summed E-state index contributed by atoms with van der Waals surface area (Å²) in [4.78, 5) is 21.4. The Morgan fingerprint density at radius 1 is 1.40 bits per heavy atom. The Hall–Kier alpha value is -2.10.